The first-order chi connectivity index (χ1) is 11.7. The number of carbonyl (C=O) groups excluding carboxylic acids is 1. The summed E-state index contributed by atoms with van der Waals surface area (Å²) in [6, 6.07) is 11.0. The Hall–Kier alpha value is -2.11. The largest absolute Gasteiger partial charge is 0.324 e. The van der Waals surface area contributed by atoms with E-state index in [1.807, 2.05) is 12.1 Å². The average molecular weight is 345 g/mol. The molecule has 3 rings (SSSR count). The maximum absolute atomic E-state index is 11.9. The number of hydrogen-bond donors (Lipinski definition) is 3. The van der Waals surface area contributed by atoms with E-state index in [4.69, 9.17) is 11.6 Å². The summed E-state index contributed by atoms with van der Waals surface area (Å²) in [6.45, 7) is 2.28. The molecule has 126 valence electrons. The van der Waals surface area contributed by atoms with Crippen molar-refractivity contribution < 1.29 is 4.79 Å². The van der Waals surface area contributed by atoms with Gasteiger partial charge in [-0.1, -0.05) is 23.7 Å². The summed E-state index contributed by atoms with van der Waals surface area (Å²) in [7, 11) is 0. The first-order valence-electron chi connectivity index (χ1n) is 8.18. The van der Waals surface area contributed by atoms with Crippen LogP contribution in [0, 0.1) is 5.92 Å². The fourth-order valence-electron chi connectivity index (χ4n) is 2.81. The molecule has 0 aliphatic carbocycles. The summed E-state index contributed by atoms with van der Waals surface area (Å²) in [5, 5.41) is 9.39. The predicted molar refractivity (Wildman–Crippen MR) is 97.6 cm³/mol. The van der Waals surface area contributed by atoms with Crippen LogP contribution in [-0.2, 0) is 6.42 Å². The van der Waals surface area contributed by atoms with Gasteiger partial charge in [-0.2, -0.15) is 0 Å². The van der Waals surface area contributed by atoms with E-state index in [0.29, 0.717) is 10.8 Å². The van der Waals surface area contributed by atoms with Crippen LogP contribution in [0.1, 0.15) is 18.4 Å². The number of aryl methyl sites for hydroxylation is 1. The molecule has 3 N–H and O–H groups in total. The molecule has 1 aromatic carbocycles. The van der Waals surface area contributed by atoms with Crippen molar-refractivity contribution in [1.29, 1.82) is 0 Å². The highest BCUT2D eigenvalue weighted by Crippen LogP contribution is 2.17. The Morgan fingerprint density at radius 2 is 2.04 bits per heavy atom. The fourth-order valence-corrected chi connectivity index (χ4v) is 2.93. The second kappa shape index (κ2) is 8.13. The van der Waals surface area contributed by atoms with Crippen molar-refractivity contribution >= 4 is 29.1 Å². The Balaban J connectivity index is 1.47. The van der Waals surface area contributed by atoms with Crippen molar-refractivity contribution in [3.05, 3.63) is 53.2 Å². The third-order valence-corrected chi connectivity index (χ3v) is 4.41. The van der Waals surface area contributed by atoms with Crippen LogP contribution in [0.2, 0.25) is 5.02 Å². The number of amides is 2. The van der Waals surface area contributed by atoms with Gasteiger partial charge in [-0.15, -0.1) is 0 Å². The van der Waals surface area contributed by atoms with Gasteiger partial charge >= 0.3 is 6.03 Å². The molecule has 1 atom stereocenters. The second-order valence-corrected chi connectivity index (χ2v) is 6.47. The molecule has 1 fully saturated rings. The smallest absolute Gasteiger partial charge is 0.316 e. The highest BCUT2D eigenvalue weighted by Gasteiger charge is 2.13. The number of rotatable bonds is 5. The van der Waals surface area contributed by atoms with Crippen LogP contribution >= 0.6 is 11.6 Å². The minimum atomic E-state index is -0.324. The Kier molecular flexibility index (Phi) is 5.67. The van der Waals surface area contributed by atoms with E-state index >= 15 is 0 Å². The maximum atomic E-state index is 11.9. The molecule has 2 amide bonds. The second-order valence-electron chi connectivity index (χ2n) is 6.04. The van der Waals surface area contributed by atoms with Gasteiger partial charge in [0, 0.05) is 11.9 Å². The van der Waals surface area contributed by atoms with E-state index < -0.39 is 0 Å². The summed E-state index contributed by atoms with van der Waals surface area (Å²) < 4.78 is 0. The number of nitrogens with one attached hydrogen (secondary N) is 3. The molecular formula is C18H21ClN4O. The highest BCUT2D eigenvalue weighted by atomic mass is 35.5. The molecule has 1 aliphatic heterocycles. The number of benzene rings is 1. The molecule has 1 aliphatic rings. The Morgan fingerprint density at radius 3 is 2.71 bits per heavy atom. The van der Waals surface area contributed by atoms with Crippen LogP contribution in [-0.4, -0.2) is 24.1 Å². The van der Waals surface area contributed by atoms with Crippen LogP contribution < -0.4 is 16.0 Å². The molecule has 0 radical (unpaired) electrons. The molecule has 0 unspecified atom stereocenters. The molecule has 0 bridgehead atoms. The number of carbonyl (C=O) groups is 1. The van der Waals surface area contributed by atoms with E-state index in [9.17, 15) is 4.79 Å². The quantitative estimate of drug-likeness (QED) is 0.770. The van der Waals surface area contributed by atoms with Crippen molar-refractivity contribution in [2.45, 2.75) is 19.3 Å². The number of pyridine rings is 1. The number of anilines is 2. The molecule has 6 heteroatoms. The third-order valence-electron chi connectivity index (χ3n) is 4.18. The van der Waals surface area contributed by atoms with Crippen LogP contribution in [0.25, 0.3) is 0 Å². The summed E-state index contributed by atoms with van der Waals surface area (Å²) in [4.78, 5) is 16.0. The van der Waals surface area contributed by atoms with E-state index in [1.165, 1.54) is 24.6 Å². The number of urea groups is 1. The molecule has 2 heterocycles. The first kappa shape index (κ1) is 16.7. The van der Waals surface area contributed by atoms with Gasteiger partial charge < -0.3 is 10.6 Å². The normalized spacial score (nSPS) is 16.8. The van der Waals surface area contributed by atoms with Gasteiger partial charge in [0.1, 0.15) is 5.82 Å². The molecule has 24 heavy (non-hydrogen) atoms. The topological polar surface area (TPSA) is 66.1 Å². The maximum Gasteiger partial charge on any atom is 0.324 e. The van der Waals surface area contributed by atoms with Gasteiger partial charge in [0.15, 0.2) is 0 Å². The zero-order chi connectivity index (χ0) is 16.8. The lowest BCUT2D eigenvalue weighted by molar-refractivity contribution is 0.262. The average Bonchev–Trinajstić information content (AvgIpc) is 3.10. The number of nitrogens with zero attached hydrogens (tertiary/aromatic N) is 1. The molecule has 0 saturated carbocycles. The van der Waals surface area contributed by atoms with E-state index in [2.05, 4.69) is 33.1 Å². The SMILES string of the molecule is O=C(Nc1ccc(CC[C@@H]2CCNC2)cc1)Nc1ccc(Cl)cn1. The molecule has 0 spiro atoms. The van der Waals surface area contributed by atoms with Gasteiger partial charge in [-0.3, -0.25) is 5.32 Å². The van der Waals surface area contributed by atoms with Crippen molar-refractivity contribution in [2.75, 3.05) is 23.7 Å². The Labute approximate surface area is 146 Å². The van der Waals surface area contributed by atoms with E-state index in [-0.39, 0.29) is 6.03 Å². The first-order valence-corrected chi connectivity index (χ1v) is 8.56. The van der Waals surface area contributed by atoms with Gasteiger partial charge in [0.05, 0.1) is 5.02 Å². The zero-order valence-electron chi connectivity index (χ0n) is 13.4. The van der Waals surface area contributed by atoms with Crippen molar-refractivity contribution in [3.8, 4) is 0 Å². The molecule has 2 aromatic rings. The standard InChI is InChI=1S/C18H21ClN4O/c19-15-5-8-17(21-12-15)23-18(24)22-16-6-3-13(4-7-16)1-2-14-9-10-20-11-14/h3-8,12,14,20H,1-2,9-11H2,(H2,21,22,23,24)/t14-/m1/s1. The fraction of sp³-hybridized carbons (Fsp3) is 0.333. The van der Waals surface area contributed by atoms with Crippen molar-refractivity contribution in [1.82, 2.24) is 10.3 Å². The van der Waals surface area contributed by atoms with Crippen LogP contribution in [0.15, 0.2) is 42.6 Å². The van der Waals surface area contributed by atoms with E-state index in [1.54, 1.807) is 12.1 Å². The van der Waals surface area contributed by atoms with Crippen LogP contribution in [0.3, 0.4) is 0 Å². The van der Waals surface area contributed by atoms with Gasteiger partial charge in [-0.05, 0) is 68.1 Å². The highest BCUT2D eigenvalue weighted by molar-refractivity contribution is 6.30. The molecule has 5 nitrogen and oxygen atoms in total. The van der Waals surface area contributed by atoms with Gasteiger partial charge in [0.25, 0.3) is 0 Å². The van der Waals surface area contributed by atoms with Crippen LogP contribution in [0.5, 0.6) is 0 Å². The summed E-state index contributed by atoms with van der Waals surface area (Å²) in [5.74, 6) is 1.25. The molecule has 1 saturated heterocycles. The molecular weight excluding hydrogens is 324 g/mol. The van der Waals surface area contributed by atoms with Crippen molar-refractivity contribution in [2.24, 2.45) is 5.92 Å². The molecule has 1 aromatic heterocycles. The Bertz CT molecular complexity index is 666. The minimum Gasteiger partial charge on any atom is -0.316 e. The monoisotopic (exact) mass is 344 g/mol. The van der Waals surface area contributed by atoms with Gasteiger partial charge in [0.2, 0.25) is 0 Å². The summed E-state index contributed by atoms with van der Waals surface area (Å²) in [5.41, 5.74) is 2.06. The van der Waals surface area contributed by atoms with E-state index in [0.717, 1.165) is 31.1 Å². The Morgan fingerprint density at radius 1 is 1.21 bits per heavy atom. The number of halogens is 1. The summed E-state index contributed by atoms with van der Waals surface area (Å²) in [6.07, 6.45) is 5.06. The lowest BCUT2D eigenvalue weighted by Gasteiger charge is -2.10. The van der Waals surface area contributed by atoms with Crippen molar-refractivity contribution in [3.63, 3.8) is 0 Å². The number of aromatic nitrogens is 1. The number of hydrogen-bond acceptors (Lipinski definition) is 3. The lowest BCUT2D eigenvalue weighted by atomic mass is 9.99. The van der Waals surface area contributed by atoms with Crippen LogP contribution in [0.4, 0.5) is 16.3 Å². The summed E-state index contributed by atoms with van der Waals surface area (Å²) >= 11 is 5.77. The minimum absolute atomic E-state index is 0.324. The zero-order valence-corrected chi connectivity index (χ0v) is 14.1. The lowest BCUT2D eigenvalue weighted by Crippen LogP contribution is -2.19. The third kappa shape index (κ3) is 4.94. The predicted octanol–water partition coefficient (Wildman–Crippen LogP) is 3.92. The van der Waals surface area contributed by atoms with Gasteiger partial charge in [-0.25, -0.2) is 9.78 Å².